The molecule has 1 amide bonds. The molecule has 0 aliphatic carbocycles. The lowest BCUT2D eigenvalue weighted by Crippen LogP contribution is -2.13. The summed E-state index contributed by atoms with van der Waals surface area (Å²) in [7, 11) is 0. The zero-order valence-corrected chi connectivity index (χ0v) is 20.0. The van der Waals surface area contributed by atoms with Crippen LogP contribution in [0.2, 0.25) is 0 Å². The van der Waals surface area contributed by atoms with E-state index < -0.39 is 5.91 Å². The largest absolute Gasteiger partial charge is 0.494 e. The molecular weight excluding hydrogens is 464 g/mol. The van der Waals surface area contributed by atoms with E-state index in [9.17, 15) is 10.1 Å². The molecule has 4 nitrogen and oxygen atoms in total. The van der Waals surface area contributed by atoms with Crippen LogP contribution < -0.4 is 10.1 Å². The zero-order valence-electron chi connectivity index (χ0n) is 18.4. The third kappa shape index (κ3) is 6.32. The van der Waals surface area contributed by atoms with Gasteiger partial charge in [0.25, 0.3) is 5.91 Å². The van der Waals surface area contributed by atoms with Crippen LogP contribution in [0.15, 0.2) is 70.7 Å². The number of nitrogens with zero attached hydrogens (tertiary/aromatic N) is 1. The molecule has 0 saturated carbocycles. The maximum absolute atomic E-state index is 12.8. The molecule has 0 aliphatic heterocycles. The molecule has 1 N–H and O–H groups in total. The van der Waals surface area contributed by atoms with Crippen LogP contribution in [0.3, 0.4) is 0 Å². The maximum Gasteiger partial charge on any atom is 0.266 e. The number of halogens is 1. The number of carbonyl (C=O) groups excluding carboxylic acids is 1. The molecule has 0 saturated heterocycles. The van der Waals surface area contributed by atoms with Crippen LogP contribution in [0.1, 0.15) is 34.7 Å². The van der Waals surface area contributed by atoms with E-state index in [1.165, 1.54) is 16.7 Å². The Labute approximate surface area is 197 Å². The maximum atomic E-state index is 12.8. The highest BCUT2D eigenvalue weighted by Gasteiger charge is 2.12. The van der Waals surface area contributed by atoms with E-state index in [-0.39, 0.29) is 5.57 Å². The van der Waals surface area contributed by atoms with Gasteiger partial charge in [-0.05, 0) is 86.4 Å². The third-order valence-electron chi connectivity index (χ3n) is 4.87. The highest BCUT2D eigenvalue weighted by molar-refractivity contribution is 9.10. The van der Waals surface area contributed by atoms with Crippen molar-refractivity contribution in [2.45, 2.75) is 27.2 Å². The number of hydrogen-bond acceptors (Lipinski definition) is 3. The summed E-state index contributed by atoms with van der Waals surface area (Å²) in [4.78, 5) is 12.8. The molecule has 3 aromatic carbocycles. The minimum Gasteiger partial charge on any atom is -0.494 e. The first-order valence-electron chi connectivity index (χ1n) is 10.4. The Hall–Kier alpha value is -3.36. The molecule has 3 aromatic rings. The van der Waals surface area contributed by atoms with Crippen molar-refractivity contribution in [2.75, 3.05) is 11.9 Å². The normalized spacial score (nSPS) is 11.0. The number of hydrogen-bond donors (Lipinski definition) is 1. The summed E-state index contributed by atoms with van der Waals surface area (Å²) >= 11 is 3.50. The number of ether oxygens (including phenoxy) is 1. The summed E-state index contributed by atoms with van der Waals surface area (Å²) in [6.45, 7) is 6.65. The number of carbonyl (C=O) groups is 1. The summed E-state index contributed by atoms with van der Waals surface area (Å²) in [5, 5.41) is 12.4. The fourth-order valence-electron chi connectivity index (χ4n) is 3.56. The molecule has 0 spiro atoms. The predicted octanol–water partition coefficient (Wildman–Crippen LogP) is 6.60. The van der Waals surface area contributed by atoms with Crippen molar-refractivity contribution in [1.82, 2.24) is 0 Å². The van der Waals surface area contributed by atoms with Gasteiger partial charge in [-0.1, -0.05) is 51.3 Å². The topological polar surface area (TPSA) is 62.1 Å². The number of anilines is 1. The van der Waals surface area contributed by atoms with E-state index >= 15 is 0 Å². The molecule has 0 radical (unpaired) electrons. The first-order chi connectivity index (χ1) is 15.4. The molecule has 162 valence electrons. The van der Waals surface area contributed by atoms with E-state index in [0.717, 1.165) is 21.3 Å². The molecule has 0 heterocycles. The van der Waals surface area contributed by atoms with Crippen molar-refractivity contribution in [2.24, 2.45) is 0 Å². The Kier molecular flexibility index (Phi) is 7.86. The zero-order chi connectivity index (χ0) is 23.1. The van der Waals surface area contributed by atoms with Gasteiger partial charge in [0.15, 0.2) is 0 Å². The van der Waals surface area contributed by atoms with Crippen molar-refractivity contribution in [3.05, 3.63) is 98.5 Å². The van der Waals surface area contributed by atoms with E-state index in [0.29, 0.717) is 18.7 Å². The summed E-state index contributed by atoms with van der Waals surface area (Å²) in [5.41, 5.74) is 6.12. The average Bonchev–Trinajstić information content (AvgIpc) is 2.74. The Morgan fingerprint density at radius 1 is 1.06 bits per heavy atom. The smallest absolute Gasteiger partial charge is 0.266 e. The van der Waals surface area contributed by atoms with E-state index in [2.05, 4.69) is 53.3 Å². The second-order valence-electron chi connectivity index (χ2n) is 7.60. The van der Waals surface area contributed by atoms with Crippen LogP contribution in [0.4, 0.5) is 5.69 Å². The quantitative estimate of drug-likeness (QED) is 0.300. The van der Waals surface area contributed by atoms with Crippen LogP contribution in [0.5, 0.6) is 5.75 Å². The fourth-order valence-corrected chi connectivity index (χ4v) is 3.93. The van der Waals surface area contributed by atoms with E-state index in [4.69, 9.17) is 4.74 Å². The lowest BCUT2D eigenvalue weighted by atomic mass is 9.96. The van der Waals surface area contributed by atoms with Gasteiger partial charge in [-0.2, -0.15) is 5.26 Å². The van der Waals surface area contributed by atoms with Crippen LogP contribution in [-0.2, 0) is 11.2 Å². The third-order valence-corrected chi connectivity index (χ3v) is 5.37. The van der Waals surface area contributed by atoms with Crippen molar-refractivity contribution in [3.63, 3.8) is 0 Å². The van der Waals surface area contributed by atoms with Crippen molar-refractivity contribution < 1.29 is 9.53 Å². The highest BCUT2D eigenvalue weighted by atomic mass is 79.9. The monoisotopic (exact) mass is 488 g/mol. The van der Waals surface area contributed by atoms with Crippen molar-refractivity contribution in [3.8, 4) is 11.8 Å². The molecule has 0 aliphatic rings. The lowest BCUT2D eigenvalue weighted by Gasteiger charge is -2.10. The van der Waals surface area contributed by atoms with Gasteiger partial charge in [0.1, 0.15) is 17.4 Å². The van der Waals surface area contributed by atoms with Gasteiger partial charge < -0.3 is 10.1 Å². The Bertz CT molecular complexity index is 1170. The number of rotatable bonds is 7. The van der Waals surface area contributed by atoms with E-state index in [1.54, 1.807) is 30.3 Å². The number of nitrogens with one attached hydrogen (secondary N) is 1. The van der Waals surface area contributed by atoms with Crippen molar-refractivity contribution >= 4 is 33.6 Å². The van der Waals surface area contributed by atoms with Gasteiger partial charge in [0.05, 0.1) is 6.61 Å². The average molecular weight is 489 g/mol. The SMILES string of the molecule is CCOc1ccc(NC(=O)/C(C#N)=C/c2cc(Br)ccc2Cc2cc(C)cc(C)c2)cc1. The second kappa shape index (κ2) is 10.8. The Balaban J connectivity index is 1.86. The van der Waals surface area contributed by atoms with Gasteiger partial charge in [0.2, 0.25) is 0 Å². The molecule has 32 heavy (non-hydrogen) atoms. The Morgan fingerprint density at radius 2 is 1.75 bits per heavy atom. The molecular formula is C27H25BrN2O2. The first kappa shape index (κ1) is 23.3. The summed E-state index contributed by atoms with van der Waals surface area (Å²) < 4.78 is 6.31. The van der Waals surface area contributed by atoms with Gasteiger partial charge in [-0.15, -0.1) is 0 Å². The summed E-state index contributed by atoms with van der Waals surface area (Å²) in [5.74, 6) is 0.278. The van der Waals surface area contributed by atoms with Gasteiger partial charge in [0, 0.05) is 10.2 Å². The molecule has 0 unspecified atom stereocenters. The molecule has 0 bridgehead atoms. The van der Waals surface area contributed by atoms with Gasteiger partial charge in [-0.3, -0.25) is 4.79 Å². The van der Waals surface area contributed by atoms with Gasteiger partial charge >= 0.3 is 0 Å². The minimum atomic E-state index is -0.450. The summed E-state index contributed by atoms with van der Waals surface area (Å²) in [6.07, 6.45) is 2.35. The fraction of sp³-hybridized carbons (Fsp3) is 0.185. The molecule has 0 fully saturated rings. The molecule has 3 rings (SSSR count). The van der Waals surface area contributed by atoms with Crippen molar-refractivity contribution in [1.29, 1.82) is 5.26 Å². The summed E-state index contributed by atoms with van der Waals surface area (Å²) in [6, 6.07) is 21.5. The molecule has 0 atom stereocenters. The van der Waals surface area contributed by atoms with Crippen LogP contribution in [0, 0.1) is 25.2 Å². The lowest BCUT2D eigenvalue weighted by molar-refractivity contribution is -0.112. The predicted molar refractivity (Wildman–Crippen MR) is 133 cm³/mol. The van der Waals surface area contributed by atoms with Gasteiger partial charge in [-0.25, -0.2) is 0 Å². The second-order valence-corrected chi connectivity index (χ2v) is 8.51. The Morgan fingerprint density at radius 3 is 2.38 bits per heavy atom. The number of amides is 1. The van der Waals surface area contributed by atoms with E-state index in [1.807, 2.05) is 31.2 Å². The highest BCUT2D eigenvalue weighted by Crippen LogP contribution is 2.24. The minimum absolute atomic E-state index is 0.0404. The van der Waals surface area contributed by atoms with Crippen LogP contribution in [0.25, 0.3) is 6.08 Å². The molecule has 0 aromatic heterocycles. The van der Waals surface area contributed by atoms with Crippen LogP contribution >= 0.6 is 15.9 Å². The number of benzene rings is 3. The number of aryl methyl sites for hydroxylation is 2. The first-order valence-corrected chi connectivity index (χ1v) is 11.2. The molecule has 5 heteroatoms. The number of nitriles is 1. The van der Waals surface area contributed by atoms with Crippen LogP contribution in [-0.4, -0.2) is 12.5 Å². The standard InChI is InChI=1S/C27H25BrN2O2/c1-4-32-26-9-7-25(8-10-26)30-27(31)23(17-29)15-22-16-24(28)6-5-21(22)14-20-12-18(2)11-19(3)13-20/h5-13,15-16H,4,14H2,1-3H3,(H,30,31)/b23-15+.